The Kier molecular flexibility index (Phi) is 2.93. The number of nitrogens with one attached hydrogen (secondary N) is 2. The molecule has 1 aromatic carbocycles. The van der Waals surface area contributed by atoms with Crippen LogP contribution in [-0.2, 0) is 0 Å². The van der Waals surface area contributed by atoms with Gasteiger partial charge in [-0.05, 0) is 17.7 Å². The molecule has 0 aliphatic rings. The molecule has 1 aromatic heterocycles. The number of aromatic nitrogens is 2. The Morgan fingerprint density at radius 2 is 1.94 bits per heavy atom. The number of halogens is 2. The summed E-state index contributed by atoms with van der Waals surface area (Å²) in [4.78, 5) is 6.81. The van der Waals surface area contributed by atoms with Gasteiger partial charge in [0.2, 0.25) is 0 Å². The molecule has 1 heterocycles. The van der Waals surface area contributed by atoms with E-state index in [-0.39, 0.29) is 0 Å². The zero-order valence-corrected chi connectivity index (χ0v) is 8.24. The van der Waals surface area contributed by atoms with Crippen molar-refractivity contribution in [1.29, 1.82) is 0 Å². The van der Waals surface area contributed by atoms with Crippen molar-refractivity contribution in [3.63, 3.8) is 0 Å². The number of nitrogens with zero attached hydrogens (tertiary/aromatic N) is 1. The number of H-pyrrole nitrogens is 1. The van der Waals surface area contributed by atoms with Gasteiger partial charge in [-0.1, -0.05) is 0 Å². The molecule has 0 amide bonds. The highest BCUT2D eigenvalue weighted by Crippen LogP contribution is 2.20. The van der Waals surface area contributed by atoms with Crippen molar-refractivity contribution in [2.75, 3.05) is 0 Å². The Morgan fingerprint density at radius 1 is 1.25 bits per heavy atom. The molecule has 0 saturated carbocycles. The van der Waals surface area contributed by atoms with E-state index in [2.05, 4.69) is 15.4 Å². The van der Waals surface area contributed by atoms with Crippen LogP contribution in [0.25, 0.3) is 0 Å². The third-order valence-corrected chi connectivity index (χ3v) is 2.18. The van der Waals surface area contributed by atoms with Gasteiger partial charge in [-0.15, -0.1) is 0 Å². The third-order valence-electron chi connectivity index (χ3n) is 2.18. The molecule has 4 nitrogen and oxygen atoms in total. The van der Waals surface area contributed by atoms with Gasteiger partial charge in [0.05, 0.1) is 0 Å². The molecule has 0 aliphatic heterocycles. The molecule has 0 fully saturated rings. The molecule has 84 valence electrons. The summed E-state index contributed by atoms with van der Waals surface area (Å²) in [5.74, 6) is 4.53. The van der Waals surface area contributed by atoms with Crippen LogP contribution in [0.1, 0.15) is 17.4 Å². The van der Waals surface area contributed by atoms with Crippen LogP contribution < -0.4 is 11.3 Å². The fourth-order valence-electron chi connectivity index (χ4n) is 1.51. The number of aromatic amines is 1. The average Bonchev–Trinajstić information content (AvgIpc) is 2.70. The van der Waals surface area contributed by atoms with Crippen molar-refractivity contribution in [2.24, 2.45) is 5.84 Å². The van der Waals surface area contributed by atoms with Crippen molar-refractivity contribution in [3.05, 3.63) is 53.6 Å². The summed E-state index contributed by atoms with van der Waals surface area (Å²) in [5.41, 5.74) is 2.82. The quantitative estimate of drug-likeness (QED) is 0.542. The molecule has 16 heavy (non-hydrogen) atoms. The van der Waals surface area contributed by atoms with Crippen LogP contribution in [0.4, 0.5) is 8.78 Å². The van der Waals surface area contributed by atoms with Crippen LogP contribution in [0.2, 0.25) is 0 Å². The van der Waals surface area contributed by atoms with Gasteiger partial charge in [-0.3, -0.25) is 5.84 Å². The lowest BCUT2D eigenvalue weighted by Crippen LogP contribution is -2.29. The van der Waals surface area contributed by atoms with Crippen LogP contribution in [0, 0.1) is 11.6 Å². The Morgan fingerprint density at radius 3 is 2.44 bits per heavy atom. The Hall–Kier alpha value is -1.79. The average molecular weight is 224 g/mol. The van der Waals surface area contributed by atoms with Crippen LogP contribution in [0.3, 0.4) is 0 Å². The lowest BCUT2D eigenvalue weighted by Gasteiger charge is -2.13. The van der Waals surface area contributed by atoms with Crippen LogP contribution >= 0.6 is 0 Å². The fraction of sp³-hybridized carbons (Fsp3) is 0.100. The van der Waals surface area contributed by atoms with Crippen molar-refractivity contribution >= 4 is 0 Å². The zero-order chi connectivity index (χ0) is 11.5. The first-order valence-electron chi connectivity index (χ1n) is 4.62. The summed E-state index contributed by atoms with van der Waals surface area (Å²) in [6.45, 7) is 0. The molecule has 2 rings (SSSR count). The van der Waals surface area contributed by atoms with E-state index in [0.29, 0.717) is 11.4 Å². The molecule has 4 N–H and O–H groups in total. The number of hydrazine groups is 1. The van der Waals surface area contributed by atoms with E-state index in [9.17, 15) is 8.78 Å². The zero-order valence-electron chi connectivity index (χ0n) is 8.24. The second kappa shape index (κ2) is 4.38. The lowest BCUT2D eigenvalue weighted by atomic mass is 10.1. The first-order chi connectivity index (χ1) is 7.70. The van der Waals surface area contributed by atoms with E-state index in [1.165, 1.54) is 18.3 Å². The summed E-state index contributed by atoms with van der Waals surface area (Å²) in [6, 6.07) is 2.64. The molecule has 6 heteroatoms. The predicted octanol–water partition coefficient (Wildman–Crippen LogP) is 1.24. The predicted molar refractivity (Wildman–Crippen MR) is 54.1 cm³/mol. The van der Waals surface area contributed by atoms with E-state index in [4.69, 9.17) is 5.84 Å². The molecule has 0 radical (unpaired) electrons. The third kappa shape index (κ3) is 2.07. The van der Waals surface area contributed by atoms with Gasteiger partial charge in [0.1, 0.15) is 23.5 Å². The second-order valence-corrected chi connectivity index (χ2v) is 3.28. The van der Waals surface area contributed by atoms with Crippen molar-refractivity contribution in [2.45, 2.75) is 6.04 Å². The molecule has 0 spiro atoms. The maximum atomic E-state index is 13.0. The van der Waals surface area contributed by atoms with E-state index in [1.807, 2.05) is 0 Å². The monoisotopic (exact) mass is 224 g/mol. The van der Waals surface area contributed by atoms with Crippen LogP contribution in [0.15, 0.2) is 30.6 Å². The van der Waals surface area contributed by atoms with Gasteiger partial charge < -0.3 is 4.98 Å². The number of hydrogen-bond donors (Lipinski definition) is 3. The van der Waals surface area contributed by atoms with Gasteiger partial charge in [-0.25, -0.2) is 19.2 Å². The summed E-state index contributed by atoms with van der Waals surface area (Å²) >= 11 is 0. The van der Waals surface area contributed by atoms with Crippen LogP contribution in [0.5, 0.6) is 0 Å². The standard InChI is InChI=1S/C10H10F2N4/c11-7-3-6(4-8(12)5-7)9(16-13)10-14-1-2-15-10/h1-5,9,16H,13H2,(H,14,15). The summed E-state index contributed by atoms with van der Waals surface area (Å²) in [6.07, 6.45) is 3.14. The minimum Gasteiger partial charge on any atom is -0.347 e. The largest absolute Gasteiger partial charge is 0.347 e. The van der Waals surface area contributed by atoms with Crippen LogP contribution in [-0.4, -0.2) is 9.97 Å². The highest BCUT2D eigenvalue weighted by Gasteiger charge is 2.16. The molecular weight excluding hydrogens is 214 g/mol. The number of nitrogens with two attached hydrogens (primary N) is 1. The molecule has 2 aromatic rings. The van der Waals surface area contributed by atoms with Gasteiger partial charge >= 0.3 is 0 Å². The molecular formula is C10H10F2N4. The second-order valence-electron chi connectivity index (χ2n) is 3.28. The highest BCUT2D eigenvalue weighted by atomic mass is 19.1. The number of hydrogen-bond acceptors (Lipinski definition) is 3. The van der Waals surface area contributed by atoms with E-state index in [1.54, 1.807) is 6.20 Å². The molecule has 1 atom stereocenters. The first-order valence-corrected chi connectivity index (χ1v) is 4.62. The molecule has 1 unspecified atom stereocenters. The molecule has 0 bridgehead atoms. The maximum Gasteiger partial charge on any atom is 0.129 e. The minimum absolute atomic E-state index is 0.370. The van der Waals surface area contributed by atoms with Gasteiger partial charge in [0.15, 0.2) is 0 Å². The smallest absolute Gasteiger partial charge is 0.129 e. The molecule has 0 aliphatic carbocycles. The van der Waals surface area contributed by atoms with E-state index >= 15 is 0 Å². The summed E-state index contributed by atoms with van der Waals surface area (Å²) < 4.78 is 26.1. The van der Waals surface area contributed by atoms with Gasteiger partial charge in [0.25, 0.3) is 0 Å². The maximum absolute atomic E-state index is 13.0. The highest BCUT2D eigenvalue weighted by molar-refractivity contribution is 5.26. The lowest BCUT2D eigenvalue weighted by molar-refractivity contribution is 0.559. The number of rotatable bonds is 3. The van der Waals surface area contributed by atoms with Crippen molar-refractivity contribution in [3.8, 4) is 0 Å². The Balaban J connectivity index is 2.41. The minimum atomic E-state index is -0.651. The fourth-order valence-corrected chi connectivity index (χ4v) is 1.51. The molecule has 0 saturated heterocycles. The Bertz CT molecular complexity index is 449. The summed E-state index contributed by atoms with van der Waals surface area (Å²) in [5, 5.41) is 0. The van der Waals surface area contributed by atoms with Gasteiger partial charge in [0, 0.05) is 18.5 Å². The first kappa shape index (κ1) is 10.7. The van der Waals surface area contributed by atoms with Gasteiger partial charge in [-0.2, -0.15) is 0 Å². The number of imidazole rings is 1. The normalized spacial score (nSPS) is 12.7. The Labute approximate surface area is 90.5 Å². The topological polar surface area (TPSA) is 66.7 Å². The van der Waals surface area contributed by atoms with E-state index < -0.39 is 17.7 Å². The van der Waals surface area contributed by atoms with Crippen molar-refractivity contribution < 1.29 is 8.78 Å². The SMILES string of the molecule is NNC(c1cc(F)cc(F)c1)c1ncc[nH]1. The van der Waals surface area contributed by atoms with E-state index in [0.717, 1.165) is 6.07 Å². The summed E-state index contributed by atoms with van der Waals surface area (Å²) in [7, 11) is 0. The number of benzene rings is 1. The van der Waals surface area contributed by atoms with Crippen molar-refractivity contribution in [1.82, 2.24) is 15.4 Å².